The molecule has 0 bridgehead atoms. The van der Waals surface area contributed by atoms with Gasteiger partial charge in [0.2, 0.25) is 0 Å². The maximum absolute atomic E-state index is 10.0. The van der Waals surface area contributed by atoms with Crippen molar-refractivity contribution in [2.24, 2.45) is 0 Å². The molecule has 2 aromatic heterocycles. The highest BCUT2D eigenvalue weighted by Gasteiger charge is 2.18. The van der Waals surface area contributed by atoms with Crippen molar-refractivity contribution in [3.63, 3.8) is 0 Å². The van der Waals surface area contributed by atoms with Crippen molar-refractivity contribution in [1.29, 1.82) is 0 Å². The Kier molecular flexibility index (Phi) is 6.58. The van der Waals surface area contributed by atoms with E-state index in [-0.39, 0.29) is 0 Å². The molecule has 2 heterocycles. The molecule has 1 atom stereocenters. The lowest BCUT2D eigenvalue weighted by molar-refractivity contribution is 0.0671. The molecule has 156 valence electrons. The fourth-order valence-electron chi connectivity index (χ4n) is 3.93. The summed E-state index contributed by atoms with van der Waals surface area (Å²) in [7, 11) is 0. The summed E-state index contributed by atoms with van der Waals surface area (Å²) in [6.45, 7) is 11.0. The molecule has 0 radical (unpaired) electrons. The fourth-order valence-corrected chi connectivity index (χ4v) is 3.93. The van der Waals surface area contributed by atoms with Crippen molar-refractivity contribution in [1.82, 2.24) is 19.3 Å². The van der Waals surface area contributed by atoms with Crippen LogP contribution >= 0.6 is 0 Å². The van der Waals surface area contributed by atoms with Gasteiger partial charge >= 0.3 is 0 Å². The lowest BCUT2D eigenvalue weighted by Gasteiger charge is -2.21. The molecule has 3 rings (SSSR count). The van der Waals surface area contributed by atoms with E-state index in [9.17, 15) is 5.11 Å². The smallest absolute Gasteiger partial charge is 0.0958 e. The zero-order valence-electron chi connectivity index (χ0n) is 18.4. The minimum absolute atomic E-state index is 0.331. The van der Waals surface area contributed by atoms with Crippen LogP contribution in [0.25, 0.3) is 11.3 Å². The summed E-state index contributed by atoms with van der Waals surface area (Å²) in [5.41, 5.74) is 5.09. The van der Waals surface area contributed by atoms with Crippen LogP contribution in [0, 0.1) is 13.8 Å². The van der Waals surface area contributed by atoms with Gasteiger partial charge < -0.3 is 9.67 Å². The van der Waals surface area contributed by atoms with E-state index in [4.69, 9.17) is 4.98 Å². The molecule has 3 aromatic rings. The van der Waals surface area contributed by atoms with E-state index >= 15 is 0 Å². The van der Waals surface area contributed by atoms with E-state index in [0.717, 1.165) is 49.2 Å². The standard InChI is InChI=1S/C24H34N4O/c1-18-16-20(3)28(26-18)15-13-22-23(21-11-7-6-8-12-21)25-17-27(22)19(2)10-9-14-24(4,5)29/h6-8,11-12,16-17,19,29H,9-10,13-15H2,1-5H3. The minimum atomic E-state index is -0.609. The summed E-state index contributed by atoms with van der Waals surface area (Å²) >= 11 is 0. The van der Waals surface area contributed by atoms with E-state index in [0.29, 0.717) is 6.04 Å². The van der Waals surface area contributed by atoms with Gasteiger partial charge in [-0.25, -0.2) is 4.98 Å². The summed E-state index contributed by atoms with van der Waals surface area (Å²) < 4.78 is 4.40. The van der Waals surface area contributed by atoms with Gasteiger partial charge in [-0.2, -0.15) is 5.10 Å². The zero-order chi connectivity index (χ0) is 21.0. The van der Waals surface area contributed by atoms with Crippen molar-refractivity contribution >= 4 is 0 Å². The first-order chi connectivity index (χ1) is 13.7. The highest BCUT2D eigenvalue weighted by Crippen LogP contribution is 2.28. The molecule has 0 aliphatic heterocycles. The third-order valence-electron chi connectivity index (χ3n) is 5.49. The van der Waals surface area contributed by atoms with Crippen LogP contribution in [0.3, 0.4) is 0 Å². The molecule has 1 N–H and O–H groups in total. The molecule has 0 spiro atoms. The number of imidazole rings is 1. The van der Waals surface area contributed by atoms with Gasteiger partial charge in [-0.3, -0.25) is 4.68 Å². The zero-order valence-corrected chi connectivity index (χ0v) is 18.4. The second-order valence-electron chi connectivity index (χ2n) is 8.77. The summed E-state index contributed by atoms with van der Waals surface area (Å²) in [6, 6.07) is 12.9. The largest absolute Gasteiger partial charge is 0.390 e. The third-order valence-corrected chi connectivity index (χ3v) is 5.49. The molecule has 0 amide bonds. The van der Waals surface area contributed by atoms with Crippen LogP contribution in [0.5, 0.6) is 0 Å². The average molecular weight is 395 g/mol. The molecular formula is C24H34N4O. The van der Waals surface area contributed by atoms with Gasteiger partial charge in [0.05, 0.1) is 23.3 Å². The maximum atomic E-state index is 10.0. The first kappa shape index (κ1) is 21.3. The van der Waals surface area contributed by atoms with Gasteiger partial charge in [0, 0.05) is 36.0 Å². The number of aryl methyl sites for hydroxylation is 3. The third kappa shape index (κ3) is 5.57. The summed E-state index contributed by atoms with van der Waals surface area (Å²) in [4.78, 5) is 4.79. The Balaban J connectivity index is 1.83. The second-order valence-corrected chi connectivity index (χ2v) is 8.77. The molecule has 1 aromatic carbocycles. The van der Waals surface area contributed by atoms with E-state index in [2.05, 4.69) is 58.5 Å². The van der Waals surface area contributed by atoms with Crippen LogP contribution in [0.1, 0.15) is 63.2 Å². The molecule has 0 saturated heterocycles. The van der Waals surface area contributed by atoms with Crippen molar-refractivity contribution in [3.8, 4) is 11.3 Å². The van der Waals surface area contributed by atoms with Crippen LogP contribution in [0.15, 0.2) is 42.7 Å². The van der Waals surface area contributed by atoms with Crippen LogP contribution in [-0.2, 0) is 13.0 Å². The van der Waals surface area contributed by atoms with Crippen molar-refractivity contribution in [2.75, 3.05) is 0 Å². The molecule has 29 heavy (non-hydrogen) atoms. The van der Waals surface area contributed by atoms with Crippen molar-refractivity contribution in [2.45, 2.75) is 78.5 Å². The van der Waals surface area contributed by atoms with E-state index in [1.54, 1.807) is 0 Å². The fraction of sp³-hybridized carbons (Fsp3) is 0.500. The van der Waals surface area contributed by atoms with Gasteiger partial charge in [0.15, 0.2) is 0 Å². The van der Waals surface area contributed by atoms with Gasteiger partial charge in [0.25, 0.3) is 0 Å². The van der Waals surface area contributed by atoms with E-state index in [1.165, 1.54) is 11.4 Å². The number of rotatable bonds is 9. The number of nitrogens with zero attached hydrogens (tertiary/aromatic N) is 4. The first-order valence-corrected chi connectivity index (χ1v) is 10.6. The minimum Gasteiger partial charge on any atom is -0.390 e. The number of aromatic nitrogens is 4. The molecule has 0 fully saturated rings. The van der Waals surface area contributed by atoms with Crippen LogP contribution in [-0.4, -0.2) is 30.0 Å². The molecule has 5 nitrogen and oxygen atoms in total. The summed E-state index contributed by atoms with van der Waals surface area (Å²) in [6.07, 6.45) is 5.66. The van der Waals surface area contributed by atoms with Crippen molar-refractivity contribution in [3.05, 3.63) is 59.8 Å². The maximum Gasteiger partial charge on any atom is 0.0958 e. The molecule has 0 aliphatic rings. The van der Waals surface area contributed by atoms with E-state index in [1.807, 2.05) is 33.2 Å². The topological polar surface area (TPSA) is 55.9 Å². The Labute approximate surface area is 174 Å². The highest BCUT2D eigenvalue weighted by atomic mass is 16.3. The second kappa shape index (κ2) is 8.95. The Hall–Kier alpha value is -2.40. The Morgan fingerprint density at radius 2 is 1.86 bits per heavy atom. The van der Waals surface area contributed by atoms with Crippen LogP contribution in [0.2, 0.25) is 0 Å². The SMILES string of the molecule is Cc1cc(C)n(CCc2c(-c3ccccc3)ncn2C(C)CCCC(C)(C)O)n1. The predicted octanol–water partition coefficient (Wildman–Crippen LogP) is 5.11. The molecule has 1 unspecified atom stereocenters. The van der Waals surface area contributed by atoms with Gasteiger partial charge in [0.1, 0.15) is 0 Å². The Morgan fingerprint density at radius 1 is 1.14 bits per heavy atom. The van der Waals surface area contributed by atoms with E-state index < -0.39 is 5.60 Å². The number of hydrogen-bond donors (Lipinski definition) is 1. The van der Waals surface area contributed by atoms with Crippen LogP contribution < -0.4 is 0 Å². The average Bonchev–Trinajstić information content (AvgIpc) is 3.22. The highest BCUT2D eigenvalue weighted by molar-refractivity contribution is 5.61. The predicted molar refractivity (Wildman–Crippen MR) is 118 cm³/mol. The Bertz CT molecular complexity index is 918. The van der Waals surface area contributed by atoms with Crippen molar-refractivity contribution < 1.29 is 5.11 Å². The summed E-state index contributed by atoms with van der Waals surface area (Å²) in [5.74, 6) is 0. The lowest BCUT2D eigenvalue weighted by atomic mass is 9.99. The number of aliphatic hydroxyl groups is 1. The van der Waals surface area contributed by atoms with Crippen LogP contribution in [0.4, 0.5) is 0 Å². The number of hydrogen-bond acceptors (Lipinski definition) is 3. The van der Waals surface area contributed by atoms with Gasteiger partial charge in [-0.1, -0.05) is 30.3 Å². The summed E-state index contributed by atoms with van der Waals surface area (Å²) in [5, 5.41) is 14.6. The molecular weight excluding hydrogens is 360 g/mol. The lowest BCUT2D eigenvalue weighted by Crippen LogP contribution is -2.19. The molecule has 5 heteroatoms. The quantitative estimate of drug-likeness (QED) is 0.549. The molecule has 0 aliphatic carbocycles. The van der Waals surface area contributed by atoms with Gasteiger partial charge in [-0.05, 0) is 59.9 Å². The Morgan fingerprint density at radius 3 is 2.48 bits per heavy atom. The van der Waals surface area contributed by atoms with Gasteiger partial charge in [-0.15, -0.1) is 0 Å². The number of benzene rings is 1. The first-order valence-electron chi connectivity index (χ1n) is 10.6. The normalized spacial score (nSPS) is 13.0. The monoisotopic (exact) mass is 394 g/mol. The molecule has 0 saturated carbocycles.